The lowest BCUT2D eigenvalue weighted by Crippen LogP contribution is -2.05. The van der Waals surface area contributed by atoms with E-state index < -0.39 is 12.1 Å². The summed E-state index contributed by atoms with van der Waals surface area (Å²) in [6.07, 6.45) is -0.346. The maximum Gasteiger partial charge on any atom is 0.343 e. The van der Waals surface area contributed by atoms with Crippen molar-refractivity contribution in [3.8, 4) is 0 Å². The van der Waals surface area contributed by atoms with E-state index in [1.807, 2.05) is 0 Å². The Morgan fingerprint density at radius 3 is 2.81 bits per heavy atom. The summed E-state index contributed by atoms with van der Waals surface area (Å²) in [6.45, 7) is 0. The lowest BCUT2D eigenvalue weighted by Gasteiger charge is -2.04. The second-order valence-electron chi connectivity index (χ2n) is 3.16. The maximum atomic E-state index is 13.2. The summed E-state index contributed by atoms with van der Waals surface area (Å²) in [5.41, 5.74) is 0.863. The van der Waals surface area contributed by atoms with Gasteiger partial charge in [0.1, 0.15) is 0 Å². The third-order valence-electron chi connectivity index (χ3n) is 2.14. The van der Waals surface area contributed by atoms with Crippen molar-refractivity contribution < 1.29 is 14.3 Å². The fourth-order valence-corrected chi connectivity index (χ4v) is 1.39. The molecule has 1 aromatic carbocycles. The SMILES string of the molecule is Cl.O=C(O)C(F)c1ccc2ncccc2c1. The van der Waals surface area contributed by atoms with E-state index in [-0.39, 0.29) is 18.0 Å². The number of pyridine rings is 1. The molecule has 0 aliphatic heterocycles. The Balaban J connectivity index is 0.00000128. The Bertz CT molecular complexity index is 518. The molecule has 1 atom stereocenters. The van der Waals surface area contributed by atoms with Crippen molar-refractivity contribution in [2.75, 3.05) is 0 Å². The minimum atomic E-state index is -1.98. The number of carboxylic acids is 1. The van der Waals surface area contributed by atoms with Crippen LogP contribution in [0.4, 0.5) is 4.39 Å². The molecular weight excluding hydrogens is 233 g/mol. The summed E-state index contributed by atoms with van der Waals surface area (Å²) in [5.74, 6) is -1.47. The molecule has 1 heterocycles. The van der Waals surface area contributed by atoms with Crippen LogP contribution in [0, 0.1) is 0 Å². The Hall–Kier alpha value is -1.68. The van der Waals surface area contributed by atoms with Crippen molar-refractivity contribution in [2.24, 2.45) is 0 Å². The molecule has 0 aliphatic rings. The number of carbonyl (C=O) groups is 1. The number of benzene rings is 1. The Kier molecular flexibility index (Phi) is 3.79. The van der Waals surface area contributed by atoms with E-state index in [0.717, 1.165) is 10.9 Å². The lowest BCUT2D eigenvalue weighted by molar-refractivity contribution is -0.143. The number of aliphatic carboxylic acids is 1. The van der Waals surface area contributed by atoms with Crippen molar-refractivity contribution in [3.63, 3.8) is 0 Å². The first-order valence-corrected chi connectivity index (χ1v) is 4.40. The molecule has 5 heteroatoms. The van der Waals surface area contributed by atoms with Crippen molar-refractivity contribution >= 4 is 29.3 Å². The highest BCUT2D eigenvalue weighted by Gasteiger charge is 2.18. The maximum absolute atomic E-state index is 13.2. The van der Waals surface area contributed by atoms with E-state index in [9.17, 15) is 9.18 Å². The van der Waals surface area contributed by atoms with Gasteiger partial charge in [0.25, 0.3) is 0 Å². The zero-order valence-corrected chi connectivity index (χ0v) is 8.95. The van der Waals surface area contributed by atoms with Gasteiger partial charge in [0.2, 0.25) is 6.17 Å². The summed E-state index contributed by atoms with van der Waals surface area (Å²) < 4.78 is 13.2. The average molecular weight is 242 g/mol. The second-order valence-corrected chi connectivity index (χ2v) is 3.16. The number of halogens is 2. The van der Waals surface area contributed by atoms with Gasteiger partial charge < -0.3 is 5.11 Å². The molecule has 0 bridgehead atoms. The van der Waals surface area contributed by atoms with E-state index in [2.05, 4.69) is 4.98 Å². The number of hydrogen-bond acceptors (Lipinski definition) is 2. The summed E-state index contributed by atoms with van der Waals surface area (Å²) in [4.78, 5) is 14.5. The predicted molar refractivity (Wildman–Crippen MR) is 60.5 cm³/mol. The molecule has 0 aliphatic carbocycles. The molecule has 3 nitrogen and oxygen atoms in total. The number of alkyl halides is 1. The van der Waals surface area contributed by atoms with Gasteiger partial charge in [0.05, 0.1) is 5.52 Å². The summed E-state index contributed by atoms with van der Waals surface area (Å²) in [7, 11) is 0. The van der Waals surface area contributed by atoms with Crippen LogP contribution in [0.3, 0.4) is 0 Å². The van der Waals surface area contributed by atoms with E-state index in [0.29, 0.717) is 0 Å². The smallest absolute Gasteiger partial charge is 0.343 e. The summed E-state index contributed by atoms with van der Waals surface area (Å²) in [6, 6.07) is 8.04. The number of nitrogens with zero attached hydrogens (tertiary/aromatic N) is 1. The lowest BCUT2D eigenvalue weighted by atomic mass is 10.1. The van der Waals surface area contributed by atoms with Gasteiger partial charge in [0, 0.05) is 11.6 Å². The molecule has 0 spiro atoms. The van der Waals surface area contributed by atoms with Crippen molar-refractivity contribution in [1.29, 1.82) is 0 Å². The van der Waals surface area contributed by atoms with Crippen LogP contribution in [-0.4, -0.2) is 16.1 Å². The number of fused-ring (bicyclic) bond motifs is 1. The van der Waals surface area contributed by atoms with Crippen LogP contribution in [0.5, 0.6) is 0 Å². The molecule has 1 aromatic heterocycles. The first-order chi connectivity index (χ1) is 7.18. The highest BCUT2D eigenvalue weighted by molar-refractivity contribution is 5.85. The highest BCUT2D eigenvalue weighted by atomic mass is 35.5. The van der Waals surface area contributed by atoms with Crippen LogP contribution in [0.1, 0.15) is 11.7 Å². The fourth-order valence-electron chi connectivity index (χ4n) is 1.39. The predicted octanol–water partition coefficient (Wildman–Crippen LogP) is 2.75. The third-order valence-corrected chi connectivity index (χ3v) is 2.14. The standard InChI is InChI=1S/C11H8FNO2.ClH/c12-10(11(14)15)8-3-4-9-7(6-8)2-1-5-13-9;/h1-6,10H,(H,14,15);1H. The van der Waals surface area contributed by atoms with Crippen LogP contribution in [0.2, 0.25) is 0 Å². The highest BCUT2D eigenvalue weighted by Crippen LogP contribution is 2.21. The van der Waals surface area contributed by atoms with Gasteiger partial charge in [-0.05, 0) is 23.8 Å². The molecule has 1 N–H and O–H groups in total. The molecule has 16 heavy (non-hydrogen) atoms. The third kappa shape index (κ3) is 2.28. The number of hydrogen-bond donors (Lipinski definition) is 1. The van der Waals surface area contributed by atoms with E-state index >= 15 is 0 Å². The minimum absolute atomic E-state index is 0. The molecule has 84 valence electrons. The van der Waals surface area contributed by atoms with Crippen LogP contribution < -0.4 is 0 Å². The normalized spacial score (nSPS) is 11.8. The van der Waals surface area contributed by atoms with Crippen LogP contribution in [-0.2, 0) is 4.79 Å². The van der Waals surface area contributed by atoms with Gasteiger partial charge in [-0.2, -0.15) is 0 Å². The summed E-state index contributed by atoms with van der Waals surface area (Å²) in [5, 5.41) is 9.25. The number of carboxylic acid groups (broad SMARTS) is 1. The van der Waals surface area contributed by atoms with Gasteiger partial charge >= 0.3 is 5.97 Å². The van der Waals surface area contributed by atoms with Gasteiger partial charge in [-0.3, -0.25) is 4.98 Å². The Morgan fingerprint density at radius 2 is 2.12 bits per heavy atom. The molecule has 2 aromatic rings. The van der Waals surface area contributed by atoms with E-state index in [1.54, 1.807) is 24.4 Å². The quantitative estimate of drug-likeness (QED) is 0.880. The van der Waals surface area contributed by atoms with Crippen LogP contribution >= 0.6 is 12.4 Å². The zero-order chi connectivity index (χ0) is 10.8. The van der Waals surface area contributed by atoms with E-state index in [1.165, 1.54) is 12.1 Å². The first kappa shape index (κ1) is 12.4. The molecular formula is C11H9ClFNO2. The van der Waals surface area contributed by atoms with Gasteiger partial charge in [-0.25, -0.2) is 9.18 Å². The van der Waals surface area contributed by atoms with Gasteiger partial charge in [-0.1, -0.05) is 12.1 Å². The number of aromatic nitrogens is 1. The van der Waals surface area contributed by atoms with Gasteiger partial charge in [-0.15, -0.1) is 12.4 Å². The topological polar surface area (TPSA) is 50.2 Å². The average Bonchev–Trinajstić information content (AvgIpc) is 2.27. The molecule has 1 unspecified atom stereocenters. The molecule has 0 radical (unpaired) electrons. The molecule has 0 saturated carbocycles. The van der Waals surface area contributed by atoms with Crippen LogP contribution in [0.25, 0.3) is 10.9 Å². The monoisotopic (exact) mass is 241 g/mol. The molecule has 0 amide bonds. The van der Waals surface area contributed by atoms with E-state index in [4.69, 9.17) is 5.11 Å². The zero-order valence-electron chi connectivity index (χ0n) is 8.13. The molecule has 0 fully saturated rings. The number of rotatable bonds is 2. The molecule has 0 saturated heterocycles. The molecule has 2 rings (SSSR count). The Morgan fingerprint density at radius 1 is 1.38 bits per heavy atom. The van der Waals surface area contributed by atoms with Gasteiger partial charge in [0.15, 0.2) is 0 Å². The second kappa shape index (κ2) is 4.90. The first-order valence-electron chi connectivity index (χ1n) is 4.40. The Labute approximate surface area is 97.3 Å². The fraction of sp³-hybridized carbons (Fsp3) is 0.0909. The van der Waals surface area contributed by atoms with Crippen molar-refractivity contribution in [1.82, 2.24) is 4.98 Å². The summed E-state index contributed by atoms with van der Waals surface area (Å²) >= 11 is 0. The van der Waals surface area contributed by atoms with Crippen molar-refractivity contribution in [2.45, 2.75) is 6.17 Å². The largest absolute Gasteiger partial charge is 0.479 e. The van der Waals surface area contributed by atoms with Crippen molar-refractivity contribution in [3.05, 3.63) is 42.1 Å². The minimum Gasteiger partial charge on any atom is -0.479 e. The van der Waals surface area contributed by atoms with Crippen LogP contribution in [0.15, 0.2) is 36.5 Å².